The Morgan fingerprint density at radius 1 is 1.53 bits per heavy atom. The lowest BCUT2D eigenvalue weighted by molar-refractivity contribution is -0.108. The van der Waals surface area contributed by atoms with Gasteiger partial charge in [-0.2, -0.15) is 0 Å². The third kappa shape index (κ3) is 4.14. The molecule has 0 fully saturated rings. The van der Waals surface area contributed by atoms with E-state index < -0.39 is 0 Å². The van der Waals surface area contributed by atoms with Crippen molar-refractivity contribution in [1.82, 2.24) is 5.32 Å². The van der Waals surface area contributed by atoms with Crippen LogP contribution in [0, 0.1) is 0 Å². The fraction of sp³-hybridized carbons (Fsp3) is 0.273. The van der Waals surface area contributed by atoms with Crippen molar-refractivity contribution >= 4 is 57.8 Å². The molecule has 1 rings (SSSR count). The number of amides is 1. The van der Waals surface area contributed by atoms with Crippen molar-refractivity contribution in [3.05, 3.63) is 21.9 Å². The number of nitrogens with zero attached hydrogens (tertiary/aromatic N) is 1. The number of anilines is 1. The third-order valence-corrected chi connectivity index (χ3v) is 4.39. The summed E-state index contributed by atoms with van der Waals surface area (Å²) < 4.78 is 0. The lowest BCUT2D eigenvalue weighted by atomic mass is 10.4. The monoisotopic (exact) mass is 286 g/mol. The SMILES string of the molecule is CS/C(=C\c1ccc(N(C)C)s1)C(=S)NC=O. The molecule has 0 bridgehead atoms. The molecule has 0 aromatic carbocycles. The molecule has 3 nitrogen and oxygen atoms in total. The van der Waals surface area contributed by atoms with E-state index in [4.69, 9.17) is 12.2 Å². The zero-order chi connectivity index (χ0) is 12.8. The Bertz CT molecular complexity index is 438. The van der Waals surface area contributed by atoms with E-state index >= 15 is 0 Å². The summed E-state index contributed by atoms with van der Waals surface area (Å²) in [6.45, 7) is 0. The molecule has 1 amide bonds. The summed E-state index contributed by atoms with van der Waals surface area (Å²) >= 11 is 8.30. The topological polar surface area (TPSA) is 32.3 Å². The Balaban J connectivity index is 2.90. The minimum Gasteiger partial charge on any atom is -0.370 e. The molecule has 0 atom stereocenters. The van der Waals surface area contributed by atoms with Gasteiger partial charge in [0.2, 0.25) is 6.41 Å². The smallest absolute Gasteiger partial charge is 0.212 e. The number of thiocarbonyl (C=S) groups is 1. The van der Waals surface area contributed by atoms with Crippen molar-refractivity contribution < 1.29 is 4.79 Å². The second-order valence-corrected chi connectivity index (χ2v) is 5.72. The van der Waals surface area contributed by atoms with Gasteiger partial charge in [-0.1, -0.05) is 12.2 Å². The van der Waals surface area contributed by atoms with Crippen LogP contribution in [-0.2, 0) is 4.79 Å². The second-order valence-electron chi connectivity index (χ2n) is 3.37. The van der Waals surface area contributed by atoms with Crippen molar-refractivity contribution in [3.8, 4) is 0 Å². The van der Waals surface area contributed by atoms with Crippen molar-refractivity contribution in [1.29, 1.82) is 0 Å². The van der Waals surface area contributed by atoms with Crippen LogP contribution in [0.5, 0.6) is 0 Å². The van der Waals surface area contributed by atoms with E-state index in [1.54, 1.807) is 11.3 Å². The molecule has 0 spiro atoms. The van der Waals surface area contributed by atoms with Crippen molar-refractivity contribution in [2.75, 3.05) is 25.3 Å². The Morgan fingerprint density at radius 2 is 2.24 bits per heavy atom. The first-order chi connectivity index (χ1) is 8.08. The Labute approximate surface area is 115 Å². The van der Waals surface area contributed by atoms with Crippen LogP contribution in [0.25, 0.3) is 6.08 Å². The maximum Gasteiger partial charge on any atom is 0.212 e. The van der Waals surface area contributed by atoms with Gasteiger partial charge in [-0.15, -0.1) is 23.1 Å². The summed E-state index contributed by atoms with van der Waals surface area (Å²) in [5.41, 5.74) is 0. The van der Waals surface area contributed by atoms with Gasteiger partial charge in [0, 0.05) is 23.9 Å². The highest BCUT2D eigenvalue weighted by Crippen LogP contribution is 2.28. The van der Waals surface area contributed by atoms with Crippen LogP contribution in [0.2, 0.25) is 0 Å². The zero-order valence-electron chi connectivity index (χ0n) is 9.89. The van der Waals surface area contributed by atoms with Gasteiger partial charge in [-0.25, -0.2) is 0 Å². The Hall–Kier alpha value is -0.850. The van der Waals surface area contributed by atoms with Gasteiger partial charge in [0.15, 0.2) is 0 Å². The number of thiophene rings is 1. The summed E-state index contributed by atoms with van der Waals surface area (Å²) in [7, 11) is 4.01. The lowest BCUT2D eigenvalue weighted by Gasteiger charge is -2.07. The average molecular weight is 286 g/mol. The fourth-order valence-corrected chi connectivity index (χ4v) is 2.92. The standard InChI is InChI=1S/C11H14N2OS3/c1-13(2)10-5-4-8(17-10)6-9(16-3)11(15)12-7-14/h4-7H,1-3H3,(H,12,14,15)/b9-6-. The minimum absolute atomic E-state index is 0.465. The van der Waals surface area contributed by atoms with Gasteiger partial charge < -0.3 is 10.2 Å². The summed E-state index contributed by atoms with van der Waals surface area (Å²) in [5.74, 6) is 0. The quantitative estimate of drug-likeness (QED) is 0.512. The maximum atomic E-state index is 10.3. The van der Waals surface area contributed by atoms with Crippen LogP contribution in [-0.4, -0.2) is 31.7 Å². The highest BCUT2D eigenvalue weighted by molar-refractivity contribution is 8.04. The summed E-state index contributed by atoms with van der Waals surface area (Å²) in [6.07, 6.45) is 4.53. The molecule has 1 heterocycles. The molecule has 17 heavy (non-hydrogen) atoms. The van der Waals surface area contributed by atoms with Crippen molar-refractivity contribution in [2.45, 2.75) is 0 Å². The maximum absolute atomic E-state index is 10.3. The number of hydrogen-bond acceptors (Lipinski definition) is 5. The predicted octanol–water partition coefficient (Wildman–Crippen LogP) is 2.59. The average Bonchev–Trinajstić information content (AvgIpc) is 2.74. The van der Waals surface area contributed by atoms with Crippen LogP contribution < -0.4 is 10.2 Å². The molecule has 0 aliphatic rings. The third-order valence-electron chi connectivity index (χ3n) is 1.96. The first-order valence-electron chi connectivity index (χ1n) is 4.86. The molecule has 0 radical (unpaired) electrons. The minimum atomic E-state index is 0.465. The molecule has 6 heteroatoms. The van der Waals surface area contributed by atoms with E-state index in [1.165, 1.54) is 16.8 Å². The van der Waals surface area contributed by atoms with Crippen LogP contribution >= 0.6 is 35.3 Å². The summed E-state index contributed by atoms with van der Waals surface area (Å²) in [5, 5.41) is 3.69. The van der Waals surface area contributed by atoms with Gasteiger partial charge >= 0.3 is 0 Å². The molecule has 0 saturated carbocycles. The molecule has 0 unspecified atom stereocenters. The van der Waals surface area contributed by atoms with E-state index in [2.05, 4.69) is 16.3 Å². The molecule has 1 aromatic rings. The van der Waals surface area contributed by atoms with Gasteiger partial charge in [0.05, 0.1) is 5.00 Å². The summed E-state index contributed by atoms with van der Waals surface area (Å²) in [4.78, 5) is 14.9. The van der Waals surface area contributed by atoms with E-state index in [-0.39, 0.29) is 0 Å². The number of nitrogens with one attached hydrogen (secondary N) is 1. The molecule has 1 aromatic heterocycles. The van der Waals surface area contributed by atoms with E-state index in [0.717, 1.165) is 9.78 Å². The largest absolute Gasteiger partial charge is 0.370 e. The molecule has 0 aliphatic carbocycles. The van der Waals surface area contributed by atoms with Crippen LogP contribution in [0.4, 0.5) is 5.00 Å². The molecular weight excluding hydrogens is 272 g/mol. The Morgan fingerprint density at radius 3 is 2.71 bits per heavy atom. The van der Waals surface area contributed by atoms with Gasteiger partial charge in [0.25, 0.3) is 0 Å². The highest BCUT2D eigenvalue weighted by atomic mass is 32.2. The van der Waals surface area contributed by atoms with Gasteiger partial charge in [-0.3, -0.25) is 4.79 Å². The number of carbonyl (C=O) groups excluding carboxylic acids is 1. The van der Waals surface area contributed by atoms with Crippen molar-refractivity contribution in [2.24, 2.45) is 0 Å². The molecule has 1 N–H and O–H groups in total. The van der Waals surface area contributed by atoms with Crippen LogP contribution in [0.3, 0.4) is 0 Å². The number of hydrogen-bond donors (Lipinski definition) is 1. The van der Waals surface area contributed by atoms with E-state index in [1.807, 2.05) is 32.5 Å². The van der Waals surface area contributed by atoms with Crippen LogP contribution in [0.1, 0.15) is 4.88 Å². The number of rotatable bonds is 5. The van der Waals surface area contributed by atoms with E-state index in [0.29, 0.717) is 11.4 Å². The molecule has 0 aliphatic heterocycles. The number of carbonyl (C=O) groups is 1. The normalized spacial score (nSPS) is 11.1. The molecular formula is C11H14N2OS3. The second kappa shape index (κ2) is 6.78. The van der Waals surface area contributed by atoms with Crippen LogP contribution in [0.15, 0.2) is 17.0 Å². The predicted molar refractivity (Wildman–Crippen MR) is 81.9 cm³/mol. The number of thioether (sulfide) groups is 1. The lowest BCUT2D eigenvalue weighted by Crippen LogP contribution is -2.19. The Kier molecular flexibility index (Phi) is 5.67. The summed E-state index contributed by atoms with van der Waals surface area (Å²) in [6, 6.07) is 4.10. The van der Waals surface area contributed by atoms with Gasteiger partial charge in [0.1, 0.15) is 4.99 Å². The van der Waals surface area contributed by atoms with Crippen molar-refractivity contribution in [3.63, 3.8) is 0 Å². The van der Waals surface area contributed by atoms with E-state index in [9.17, 15) is 4.79 Å². The highest BCUT2D eigenvalue weighted by Gasteiger charge is 2.05. The van der Waals surface area contributed by atoms with Gasteiger partial charge in [-0.05, 0) is 24.5 Å². The molecule has 92 valence electrons. The zero-order valence-corrected chi connectivity index (χ0v) is 12.3. The fourth-order valence-electron chi connectivity index (χ4n) is 1.13. The molecule has 0 saturated heterocycles. The first-order valence-corrected chi connectivity index (χ1v) is 7.30. The first kappa shape index (κ1) is 14.2.